The Hall–Kier alpha value is 0.150. The van der Waals surface area contributed by atoms with Gasteiger partial charge in [-0.15, -0.1) is 11.6 Å². The molecule has 0 heterocycles. The summed E-state index contributed by atoms with van der Waals surface area (Å²) in [7, 11) is -7.41. The smallest absolute Gasteiger partial charge is 0.226 e. The van der Waals surface area contributed by atoms with Crippen molar-refractivity contribution in [3.63, 3.8) is 0 Å². The van der Waals surface area contributed by atoms with Gasteiger partial charge in [0.15, 0.2) is 14.9 Å². The van der Waals surface area contributed by atoms with Crippen molar-refractivity contribution >= 4 is 31.5 Å². The average molecular weight is 278 g/mol. The molecule has 1 N–H and O–H groups in total. The number of hydrogen-bond donors (Lipinski definition) is 1. The zero-order valence-corrected chi connectivity index (χ0v) is 11.3. The van der Waals surface area contributed by atoms with Gasteiger partial charge < -0.3 is 0 Å². The second-order valence-electron chi connectivity index (χ2n) is 3.81. The quantitative estimate of drug-likeness (QED) is 0.709. The molecule has 0 amide bonds. The van der Waals surface area contributed by atoms with Crippen molar-refractivity contribution in [2.75, 3.05) is 17.2 Å². The van der Waals surface area contributed by atoms with Crippen LogP contribution in [0.15, 0.2) is 0 Å². The fraction of sp³-hybridized carbons (Fsp3) is 1.00. The van der Waals surface area contributed by atoms with Crippen LogP contribution in [0.4, 0.5) is 0 Å². The van der Waals surface area contributed by atoms with Crippen LogP contribution in [0.5, 0.6) is 0 Å². The van der Waals surface area contributed by atoms with E-state index < -0.39 is 30.5 Å². The summed E-state index contributed by atoms with van der Waals surface area (Å²) in [6, 6.07) is 0. The number of halogens is 1. The maximum atomic E-state index is 11.4. The summed E-state index contributed by atoms with van der Waals surface area (Å²) in [5, 5.41) is -0.910. The van der Waals surface area contributed by atoms with E-state index in [9.17, 15) is 16.8 Å². The first-order chi connectivity index (χ1) is 6.54. The highest BCUT2D eigenvalue weighted by molar-refractivity contribution is 8.06. The molecule has 0 aromatic rings. The van der Waals surface area contributed by atoms with Gasteiger partial charge in [0.25, 0.3) is 0 Å². The minimum atomic E-state index is -3.84. The Morgan fingerprint density at radius 2 is 1.73 bits per heavy atom. The molecule has 0 radical (unpaired) electrons. The van der Waals surface area contributed by atoms with E-state index in [0.29, 0.717) is 6.42 Å². The van der Waals surface area contributed by atoms with Gasteiger partial charge in [-0.3, -0.25) is 0 Å². The van der Waals surface area contributed by atoms with Crippen LogP contribution in [0.25, 0.3) is 0 Å². The minimum Gasteiger partial charge on any atom is -0.228 e. The van der Waals surface area contributed by atoms with Crippen LogP contribution in [0, 0.1) is 0 Å². The molecular weight excluding hydrogens is 262 g/mol. The summed E-state index contributed by atoms with van der Waals surface area (Å²) in [5.74, 6) is 0.0898. The third-order valence-corrected chi connectivity index (χ3v) is 6.19. The van der Waals surface area contributed by atoms with E-state index in [2.05, 4.69) is 4.72 Å². The van der Waals surface area contributed by atoms with Crippen molar-refractivity contribution in [3.8, 4) is 0 Å². The number of nitrogens with one attached hydrogen (secondary N) is 1. The van der Waals surface area contributed by atoms with E-state index in [-0.39, 0.29) is 5.88 Å². The molecule has 0 aliphatic carbocycles. The van der Waals surface area contributed by atoms with Crippen LogP contribution in [-0.2, 0) is 19.9 Å². The van der Waals surface area contributed by atoms with Crippen molar-refractivity contribution in [2.45, 2.75) is 25.8 Å². The van der Waals surface area contributed by atoms with Gasteiger partial charge in [0.05, 0.1) is 0 Å². The van der Waals surface area contributed by atoms with Crippen molar-refractivity contribution in [1.29, 1.82) is 0 Å². The summed E-state index contributed by atoms with van der Waals surface area (Å²) in [6.07, 6.45) is 1.36. The highest BCUT2D eigenvalue weighted by atomic mass is 35.5. The molecule has 8 heteroatoms. The largest absolute Gasteiger partial charge is 0.228 e. The number of rotatable bonds is 6. The summed E-state index contributed by atoms with van der Waals surface area (Å²) in [4.78, 5) is 0. The fourth-order valence-corrected chi connectivity index (χ4v) is 4.67. The van der Waals surface area contributed by atoms with Crippen LogP contribution in [-0.4, -0.2) is 39.6 Å². The van der Waals surface area contributed by atoms with E-state index in [1.807, 2.05) is 0 Å². The Morgan fingerprint density at radius 3 is 2.00 bits per heavy atom. The topological polar surface area (TPSA) is 80.3 Å². The lowest BCUT2D eigenvalue weighted by Crippen LogP contribution is -2.48. The molecule has 92 valence electrons. The van der Waals surface area contributed by atoms with E-state index in [1.165, 1.54) is 0 Å². The van der Waals surface area contributed by atoms with Crippen LogP contribution < -0.4 is 4.72 Å². The van der Waals surface area contributed by atoms with Crippen molar-refractivity contribution in [1.82, 2.24) is 4.72 Å². The van der Waals surface area contributed by atoms with Crippen molar-refractivity contribution < 1.29 is 16.8 Å². The van der Waals surface area contributed by atoms with E-state index in [1.54, 1.807) is 13.8 Å². The molecule has 5 nitrogen and oxygen atoms in total. The molecule has 1 atom stereocenters. The maximum absolute atomic E-state index is 11.4. The first kappa shape index (κ1) is 15.2. The molecule has 1 unspecified atom stereocenters. The van der Waals surface area contributed by atoms with Gasteiger partial charge in [-0.2, -0.15) is 0 Å². The highest BCUT2D eigenvalue weighted by Crippen LogP contribution is 2.13. The van der Waals surface area contributed by atoms with Gasteiger partial charge in [-0.25, -0.2) is 21.6 Å². The van der Waals surface area contributed by atoms with Crippen LogP contribution >= 0.6 is 11.6 Å². The Morgan fingerprint density at radius 1 is 1.27 bits per heavy atom. The molecule has 0 saturated heterocycles. The molecule has 0 aromatic heterocycles. The minimum absolute atomic E-state index is 0.0898. The number of sulfonamides is 1. The predicted molar refractivity (Wildman–Crippen MR) is 61.2 cm³/mol. The van der Waals surface area contributed by atoms with Crippen LogP contribution in [0.3, 0.4) is 0 Å². The Kier molecular flexibility index (Phi) is 5.04. The second kappa shape index (κ2) is 4.99. The summed E-state index contributed by atoms with van der Waals surface area (Å²) in [5.41, 5.74) is -0.801. The van der Waals surface area contributed by atoms with Crippen molar-refractivity contribution in [3.05, 3.63) is 0 Å². The molecule has 0 rings (SSSR count). The van der Waals surface area contributed by atoms with Gasteiger partial charge in [0, 0.05) is 17.7 Å². The second-order valence-corrected chi connectivity index (χ2v) is 8.30. The lowest BCUT2D eigenvalue weighted by atomic mass is 10.0. The molecule has 0 aliphatic rings. The van der Waals surface area contributed by atoms with Gasteiger partial charge >= 0.3 is 0 Å². The Balaban J connectivity index is 4.80. The van der Waals surface area contributed by atoms with Crippen LogP contribution in [0.1, 0.15) is 20.3 Å². The molecule has 0 saturated carbocycles. The fourth-order valence-electron chi connectivity index (χ4n) is 0.881. The third-order valence-electron chi connectivity index (χ3n) is 1.85. The molecule has 15 heavy (non-hydrogen) atoms. The Bertz CT molecular complexity index is 397. The monoisotopic (exact) mass is 277 g/mol. The predicted octanol–water partition coefficient (Wildman–Crippen LogP) is 0.315. The summed E-state index contributed by atoms with van der Waals surface area (Å²) in [6.45, 7) is 3.39. The van der Waals surface area contributed by atoms with Gasteiger partial charge in [0.1, 0.15) is 0 Å². The highest BCUT2D eigenvalue weighted by Gasteiger charge is 2.29. The van der Waals surface area contributed by atoms with E-state index in [4.69, 9.17) is 11.6 Å². The van der Waals surface area contributed by atoms with Gasteiger partial charge in [-0.05, 0) is 13.3 Å². The SMILES string of the molecule is CCC(C)(CCl)NS(=O)(=O)CS(C)(=O)=O. The number of alkyl halides is 1. The van der Waals surface area contributed by atoms with Gasteiger partial charge in [0.2, 0.25) is 10.0 Å². The molecule has 0 aromatic carbocycles. The molecular formula is C7H16ClNO4S2. The number of sulfone groups is 1. The zero-order valence-electron chi connectivity index (χ0n) is 8.95. The molecule has 0 aliphatic heterocycles. The molecule has 0 bridgehead atoms. The molecule has 0 fully saturated rings. The van der Waals surface area contributed by atoms with Gasteiger partial charge in [-0.1, -0.05) is 6.92 Å². The van der Waals surface area contributed by atoms with E-state index >= 15 is 0 Å². The normalized spacial score (nSPS) is 17.3. The lowest BCUT2D eigenvalue weighted by Gasteiger charge is -2.26. The first-order valence-electron chi connectivity index (χ1n) is 4.29. The standard InChI is InChI=1S/C7H16ClNO4S2/c1-4-7(2,5-8)9-15(12,13)6-14(3,10)11/h9H,4-6H2,1-3H3. The van der Waals surface area contributed by atoms with Crippen LogP contribution in [0.2, 0.25) is 0 Å². The summed E-state index contributed by atoms with van der Waals surface area (Å²) >= 11 is 5.61. The third kappa shape index (κ3) is 6.34. The lowest BCUT2D eigenvalue weighted by molar-refractivity contribution is 0.446. The number of hydrogen-bond acceptors (Lipinski definition) is 4. The zero-order chi connectivity index (χ0) is 12.3. The van der Waals surface area contributed by atoms with Crippen molar-refractivity contribution in [2.24, 2.45) is 0 Å². The average Bonchev–Trinajstić information content (AvgIpc) is 1.98. The van der Waals surface area contributed by atoms with E-state index in [0.717, 1.165) is 6.26 Å². The summed E-state index contributed by atoms with van der Waals surface area (Å²) < 4.78 is 46.9. The Labute approximate surface area is 96.2 Å². The molecule has 0 spiro atoms. The maximum Gasteiger partial charge on any atom is 0.226 e. The first-order valence-corrected chi connectivity index (χ1v) is 8.54.